The Kier molecular flexibility index (Phi) is 3.57. The molecule has 4 nitrogen and oxygen atoms in total. The van der Waals surface area contributed by atoms with Gasteiger partial charge in [0.15, 0.2) is 0 Å². The highest BCUT2D eigenvalue weighted by atomic mass is 35.5. The normalized spacial score (nSPS) is 23.7. The molecule has 96 valence electrons. The van der Waals surface area contributed by atoms with Crippen molar-refractivity contribution >= 4 is 23.4 Å². The molecule has 2 rings (SSSR count). The average Bonchev–Trinajstić information content (AvgIpc) is 2.33. The summed E-state index contributed by atoms with van der Waals surface area (Å²) in [4.78, 5) is 23.0. The van der Waals surface area contributed by atoms with Gasteiger partial charge in [0, 0.05) is 18.3 Å². The lowest BCUT2D eigenvalue weighted by Crippen LogP contribution is -2.43. The van der Waals surface area contributed by atoms with Gasteiger partial charge < -0.3 is 4.74 Å². The number of carbonyl (C=O) groups excluding carboxylic acids is 2. The van der Waals surface area contributed by atoms with Crippen molar-refractivity contribution < 1.29 is 14.3 Å². The molecule has 2 unspecified atom stereocenters. The lowest BCUT2D eigenvalue weighted by molar-refractivity contribution is -0.136. The summed E-state index contributed by atoms with van der Waals surface area (Å²) in [5, 5.41) is 2.82. The minimum Gasteiger partial charge on any atom is -0.495 e. The Morgan fingerprint density at radius 2 is 2.11 bits per heavy atom. The van der Waals surface area contributed by atoms with E-state index in [2.05, 4.69) is 5.32 Å². The van der Waals surface area contributed by atoms with E-state index in [0.717, 1.165) is 5.56 Å². The second-order valence-electron chi connectivity index (χ2n) is 4.41. The minimum atomic E-state index is -0.243. The lowest BCUT2D eigenvalue weighted by atomic mass is 9.81. The Labute approximate surface area is 110 Å². The number of rotatable bonds is 2. The van der Waals surface area contributed by atoms with Gasteiger partial charge in [-0.05, 0) is 17.7 Å². The van der Waals surface area contributed by atoms with Crippen molar-refractivity contribution in [2.45, 2.75) is 19.3 Å². The number of imide groups is 1. The Balaban J connectivity index is 2.32. The molecule has 1 saturated heterocycles. The largest absolute Gasteiger partial charge is 0.495 e. The smallest absolute Gasteiger partial charge is 0.230 e. The highest BCUT2D eigenvalue weighted by Gasteiger charge is 2.33. The van der Waals surface area contributed by atoms with Crippen LogP contribution >= 0.6 is 11.6 Å². The summed E-state index contributed by atoms with van der Waals surface area (Å²) in [5.41, 5.74) is 0.886. The molecule has 1 aliphatic heterocycles. The fraction of sp³-hybridized carbons (Fsp3) is 0.385. The first-order valence-electron chi connectivity index (χ1n) is 5.70. The van der Waals surface area contributed by atoms with Gasteiger partial charge >= 0.3 is 0 Å². The zero-order valence-corrected chi connectivity index (χ0v) is 11.0. The van der Waals surface area contributed by atoms with Gasteiger partial charge in [-0.15, -0.1) is 0 Å². The Hall–Kier alpha value is -1.55. The van der Waals surface area contributed by atoms with Gasteiger partial charge in [-0.3, -0.25) is 14.9 Å². The van der Waals surface area contributed by atoms with Gasteiger partial charge in [-0.1, -0.05) is 24.6 Å². The van der Waals surface area contributed by atoms with Crippen LogP contribution in [0.15, 0.2) is 18.2 Å². The molecule has 0 spiro atoms. The van der Waals surface area contributed by atoms with E-state index >= 15 is 0 Å². The molecule has 5 heteroatoms. The maximum absolute atomic E-state index is 11.6. The third-order valence-corrected chi connectivity index (χ3v) is 3.58. The van der Waals surface area contributed by atoms with Crippen LogP contribution in [0.3, 0.4) is 0 Å². The molecule has 1 N–H and O–H groups in total. The number of carbonyl (C=O) groups is 2. The SMILES string of the molecule is COc1ccc(C2CC(=O)NC(=O)C2C)cc1Cl. The number of nitrogens with one attached hydrogen (secondary N) is 1. The average molecular weight is 268 g/mol. The molecule has 1 heterocycles. The number of halogens is 1. The molecule has 0 aliphatic carbocycles. The van der Waals surface area contributed by atoms with Gasteiger partial charge in [0.2, 0.25) is 11.8 Å². The number of methoxy groups -OCH3 is 1. The fourth-order valence-electron chi connectivity index (χ4n) is 2.18. The standard InChI is InChI=1S/C13H14ClNO3/c1-7-9(6-12(16)15-13(7)17)8-3-4-11(18-2)10(14)5-8/h3-5,7,9H,6H2,1-2H3,(H,15,16,17). The van der Waals surface area contributed by atoms with E-state index in [4.69, 9.17) is 16.3 Å². The highest BCUT2D eigenvalue weighted by molar-refractivity contribution is 6.32. The number of ether oxygens (including phenoxy) is 1. The molecule has 1 aromatic rings. The van der Waals surface area contributed by atoms with Crippen LogP contribution in [0.5, 0.6) is 5.75 Å². The molecule has 0 radical (unpaired) electrons. The quantitative estimate of drug-likeness (QED) is 0.835. The summed E-state index contributed by atoms with van der Waals surface area (Å²) in [7, 11) is 1.54. The molecule has 18 heavy (non-hydrogen) atoms. The molecule has 1 aromatic carbocycles. The molecule has 0 saturated carbocycles. The summed E-state index contributed by atoms with van der Waals surface area (Å²) in [6, 6.07) is 5.35. The first-order chi connectivity index (χ1) is 8.52. The number of amides is 2. The number of hydrogen-bond acceptors (Lipinski definition) is 3. The van der Waals surface area contributed by atoms with Crippen molar-refractivity contribution in [1.82, 2.24) is 5.32 Å². The summed E-state index contributed by atoms with van der Waals surface area (Å²) in [5.74, 6) is -0.264. The van der Waals surface area contributed by atoms with Gasteiger partial charge in [-0.2, -0.15) is 0 Å². The van der Waals surface area contributed by atoms with E-state index in [1.807, 2.05) is 13.0 Å². The van der Waals surface area contributed by atoms with E-state index in [-0.39, 0.29) is 23.7 Å². The van der Waals surface area contributed by atoms with Crippen LogP contribution in [0, 0.1) is 5.92 Å². The van der Waals surface area contributed by atoms with Crippen molar-refractivity contribution in [2.75, 3.05) is 7.11 Å². The highest BCUT2D eigenvalue weighted by Crippen LogP contribution is 2.35. The summed E-state index contributed by atoms with van der Waals surface area (Å²) in [6.45, 7) is 1.81. The third-order valence-electron chi connectivity index (χ3n) is 3.29. The van der Waals surface area contributed by atoms with Gasteiger partial charge in [-0.25, -0.2) is 0 Å². The van der Waals surface area contributed by atoms with Crippen molar-refractivity contribution in [3.05, 3.63) is 28.8 Å². The molecule has 0 aromatic heterocycles. The van der Waals surface area contributed by atoms with Crippen molar-refractivity contribution in [1.29, 1.82) is 0 Å². The van der Waals surface area contributed by atoms with Crippen LogP contribution in [-0.2, 0) is 9.59 Å². The first-order valence-corrected chi connectivity index (χ1v) is 6.08. The van der Waals surface area contributed by atoms with Gasteiger partial charge in [0.1, 0.15) is 5.75 Å². The topological polar surface area (TPSA) is 55.4 Å². The van der Waals surface area contributed by atoms with E-state index in [1.54, 1.807) is 19.2 Å². The maximum atomic E-state index is 11.6. The predicted octanol–water partition coefficient (Wildman–Crippen LogP) is 2.11. The number of piperidine rings is 1. The summed E-state index contributed by atoms with van der Waals surface area (Å²) >= 11 is 6.06. The van der Waals surface area contributed by atoms with Crippen LogP contribution in [0.1, 0.15) is 24.8 Å². The Morgan fingerprint density at radius 1 is 1.39 bits per heavy atom. The van der Waals surface area contributed by atoms with E-state index < -0.39 is 0 Å². The zero-order valence-electron chi connectivity index (χ0n) is 10.2. The van der Waals surface area contributed by atoms with Crippen LogP contribution in [0.2, 0.25) is 5.02 Å². The van der Waals surface area contributed by atoms with Crippen molar-refractivity contribution in [2.24, 2.45) is 5.92 Å². The van der Waals surface area contributed by atoms with E-state index in [0.29, 0.717) is 17.2 Å². The monoisotopic (exact) mass is 267 g/mol. The maximum Gasteiger partial charge on any atom is 0.230 e. The van der Waals surface area contributed by atoms with Crippen LogP contribution in [0.25, 0.3) is 0 Å². The van der Waals surface area contributed by atoms with Gasteiger partial charge in [0.25, 0.3) is 0 Å². The van der Waals surface area contributed by atoms with Crippen molar-refractivity contribution in [3.8, 4) is 5.75 Å². The molecule has 1 aliphatic rings. The van der Waals surface area contributed by atoms with Gasteiger partial charge in [0.05, 0.1) is 12.1 Å². The summed E-state index contributed by atoms with van der Waals surface area (Å²) < 4.78 is 5.08. The third kappa shape index (κ3) is 2.34. The minimum absolute atomic E-state index is 0.130. The number of hydrogen-bond donors (Lipinski definition) is 1. The Morgan fingerprint density at radius 3 is 2.72 bits per heavy atom. The lowest BCUT2D eigenvalue weighted by Gasteiger charge is -2.27. The fourth-order valence-corrected chi connectivity index (χ4v) is 2.45. The summed E-state index contributed by atoms with van der Waals surface area (Å²) in [6.07, 6.45) is 0.301. The van der Waals surface area contributed by atoms with E-state index in [9.17, 15) is 9.59 Å². The predicted molar refractivity (Wildman–Crippen MR) is 67.7 cm³/mol. The number of benzene rings is 1. The molecular weight excluding hydrogens is 254 g/mol. The molecule has 2 amide bonds. The van der Waals surface area contributed by atoms with Crippen LogP contribution < -0.4 is 10.1 Å². The first kappa shape index (κ1) is 12.9. The van der Waals surface area contributed by atoms with Crippen molar-refractivity contribution in [3.63, 3.8) is 0 Å². The second-order valence-corrected chi connectivity index (χ2v) is 4.81. The second kappa shape index (κ2) is 4.98. The van der Waals surface area contributed by atoms with E-state index in [1.165, 1.54) is 0 Å². The van der Waals surface area contributed by atoms with Crippen LogP contribution in [0.4, 0.5) is 0 Å². The molecule has 0 bridgehead atoms. The Bertz CT molecular complexity index is 501. The van der Waals surface area contributed by atoms with Crippen LogP contribution in [-0.4, -0.2) is 18.9 Å². The zero-order chi connectivity index (χ0) is 13.3. The molecule has 2 atom stereocenters. The molecule has 1 fully saturated rings. The molecular formula is C13H14ClNO3.